The molecule has 1 saturated heterocycles. The van der Waals surface area contributed by atoms with Gasteiger partial charge in [0, 0.05) is 0 Å². The highest BCUT2D eigenvalue weighted by atomic mass is 16.5. The van der Waals surface area contributed by atoms with Crippen molar-refractivity contribution in [3.8, 4) is 0 Å². The van der Waals surface area contributed by atoms with Crippen molar-refractivity contribution in [3.05, 3.63) is 0 Å². The van der Waals surface area contributed by atoms with Gasteiger partial charge in [-0.05, 0) is 57.3 Å². The van der Waals surface area contributed by atoms with E-state index in [1.807, 2.05) is 0 Å². The molecular weight excluding hydrogens is 184 g/mol. The van der Waals surface area contributed by atoms with E-state index < -0.39 is 0 Å². The Labute approximate surface area is 93.6 Å². The van der Waals surface area contributed by atoms with Crippen LogP contribution in [-0.2, 0) is 4.74 Å². The predicted molar refractivity (Wildman–Crippen MR) is 61.8 cm³/mol. The third kappa shape index (κ3) is 1.32. The van der Waals surface area contributed by atoms with Crippen LogP contribution in [0.5, 0.6) is 0 Å². The third-order valence-corrected chi connectivity index (χ3v) is 5.60. The molecule has 0 aromatic carbocycles. The summed E-state index contributed by atoms with van der Waals surface area (Å²) in [5, 5.41) is 0. The summed E-state index contributed by atoms with van der Waals surface area (Å²) in [6, 6.07) is 0. The lowest BCUT2D eigenvalue weighted by Crippen LogP contribution is -2.42. The Balaban J connectivity index is 1.90. The van der Waals surface area contributed by atoms with Crippen molar-refractivity contribution < 1.29 is 4.74 Å². The van der Waals surface area contributed by atoms with E-state index >= 15 is 0 Å². The van der Waals surface area contributed by atoms with Crippen LogP contribution in [0.25, 0.3) is 0 Å². The summed E-state index contributed by atoms with van der Waals surface area (Å²) in [5.41, 5.74) is 0.540. The molecule has 1 heteroatoms. The first-order valence-corrected chi connectivity index (χ1v) is 6.89. The molecule has 0 aromatic heterocycles. The van der Waals surface area contributed by atoms with E-state index in [0.29, 0.717) is 5.60 Å². The number of hydrogen-bond donors (Lipinski definition) is 0. The normalized spacial score (nSPS) is 54.0. The standard InChI is InChI=1S/C14H24O/c1-3-13(2)12-8-7-11-6-4-5-9-14(11,10-12)15-13/h11-12H,3-10H2,1-2H3. The predicted octanol–water partition coefficient (Wildman–Crippen LogP) is 3.91. The van der Waals surface area contributed by atoms with Crippen LogP contribution >= 0.6 is 0 Å². The lowest BCUT2D eigenvalue weighted by molar-refractivity contribution is -0.138. The maximum atomic E-state index is 6.61. The Morgan fingerprint density at radius 2 is 1.93 bits per heavy atom. The Hall–Kier alpha value is -0.0400. The van der Waals surface area contributed by atoms with E-state index in [1.54, 1.807) is 0 Å². The van der Waals surface area contributed by atoms with Gasteiger partial charge < -0.3 is 4.74 Å². The minimum atomic E-state index is 0.214. The van der Waals surface area contributed by atoms with E-state index in [-0.39, 0.29) is 5.60 Å². The van der Waals surface area contributed by atoms with Crippen LogP contribution in [0.1, 0.15) is 65.2 Å². The van der Waals surface area contributed by atoms with Gasteiger partial charge in [0.25, 0.3) is 0 Å². The van der Waals surface area contributed by atoms with Crippen LogP contribution in [0.4, 0.5) is 0 Å². The van der Waals surface area contributed by atoms with Gasteiger partial charge in [0.2, 0.25) is 0 Å². The fraction of sp³-hybridized carbons (Fsp3) is 1.00. The lowest BCUT2D eigenvalue weighted by Gasteiger charge is -2.43. The molecule has 1 nitrogen and oxygen atoms in total. The molecule has 86 valence electrons. The molecular formula is C14H24O. The van der Waals surface area contributed by atoms with Crippen molar-refractivity contribution in [1.82, 2.24) is 0 Å². The number of ether oxygens (including phenoxy) is 1. The molecule has 0 N–H and O–H groups in total. The highest BCUT2D eigenvalue weighted by Gasteiger charge is 2.58. The second kappa shape index (κ2) is 3.23. The Kier molecular flexibility index (Phi) is 2.18. The van der Waals surface area contributed by atoms with Gasteiger partial charge >= 0.3 is 0 Å². The maximum absolute atomic E-state index is 6.61. The Morgan fingerprint density at radius 1 is 1.13 bits per heavy atom. The third-order valence-electron chi connectivity index (χ3n) is 5.60. The second-order valence-electron chi connectivity index (χ2n) is 6.25. The highest BCUT2D eigenvalue weighted by Crippen LogP contribution is 2.59. The maximum Gasteiger partial charge on any atom is 0.0721 e. The van der Waals surface area contributed by atoms with E-state index in [9.17, 15) is 0 Å². The van der Waals surface area contributed by atoms with E-state index in [4.69, 9.17) is 4.74 Å². The number of rotatable bonds is 1. The summed E-state index contributed by atoms with van der Waals surface area (Å²) in [5.74, 6) is 1.76. The molecule has 3 rings (SSSR count). The average Bonchev–Trinajstić information content (AvgIpc) is 2.47. The minimum Gasteiger partial charge on any atom is -0.368 e. The zero-order chi connectivity index (χ0) is 10.5. The zero-order valence-electron chi connectivity index (χ0n) is 10.2. The van der Waals surface area contributed by atoms with Crippen molar-refractivity contribution in [3.63, 3.8) is 0 Å². The molecule has 2 aliphatic carbocycles. The average molecular weight is 208 g/mol. The van der Waals surface area contributed by atoms with Gasteiger partial charge in [0.15, 0.2) is 0 Å². The van der Waals surface area contributed by atoms with Crippen LogP contribution in [0.3, 0.4) is 0 Å². The first-order valence-electron chi connectivity index (χ1n) is 6.89. The topological polar surface area (TPSA) is 9.23 Å². The minimum absolute atomic E-state index is 0.214. The molecule has 0 amide bonds. The van der Waals surface area contributed by atoms with E-state index in [1.165, 1.54) is 51.4 Å². The Morgan fingerprint density at radius 3 is 2.73 bits per heavy atom. The lowest BCUT2D eigenvalue weighted by atomic mass is 9.64. The van der Waals surface area contributed by atoms with Crippen molar-refractivity contribution in [2.24, 2.45) is 11.8 Å². The van der Waals surface area contributed by atoms with E-state index in [2.05, 4.69) is 13.8 Å². The van der Waals surface area contributed by atoms with Gasteiger partial charge in [-0.25, -0.2) is 0 Å². The first-order chi connectivity index (χ1) is 7.19. The smallest absolute Gasteiger partial charge is 0.0721 e. The van der Waals surface area contributed by atoms with Crippen molar-refractivity contribution in [2.45, 2.75) is 76.4 Å². The SMILES string of the molecule is CCC1(C)OC23CCCCC2CCC1C3. The van der Waals surface area contributed by atoms with Gasteiger partial charge in [0.05, 0.1) is 11.2 Å². The van der Waals surface area contributed by atoms with Gasteiger partial charge in [-0.3, -0.25) is 0 Å². The first kappa shape index (κ1) is 10.1. The molecule has 4 atom stereocenters. The number of fused-ring (bicyclic) bond motifs is 1. The van der Waals surface area contributed by atoms with Gasteiger partial charge in [-0.1, -0.05) is 19.8 Å². The van der Waals surface area contributed by atoms with Crippen molar-refractivity contribution in [1.29, 1.82) is 0 Å². The molecule has 1 spiro atoms. The molecule has 15 heavy (non-hydrogen) atoms. The molecule has 2 saturated carbocycles. The summed E-state index contributed by atoms with van der Waals surface area (Å²) in [6.07, 6.45) is 11.1. The van der Waals surface area contributed by atoms with Crippen LogP contribution in [0.15, 0.2) is 0 Å². The molecule has 2 bridgehead atoms. The monoisotopic (exact) mass is 208 g/mol. The summed E-state index contributed by atoms with van der Waals surface area (Å²) < 4.78 is 6.61. The van der Waals surface area contributed by atoms with Crippen LogP contribution in [0, 0.1) is 11.8 Å². The molecule has 1 aliphatic heterocycles. The summed E-state index contributed by atoms with van der Waals surface area (Å²) in [6.45, 7) is 4.67. The molecule has 1 heterocycles. The summed E-state index contributed by atoms with van der Waals surface area (Å²) in [4.78, 5) is 0. The summed E-state index contributed by atoms with van der Waals surface area (Å²) in [7, 11) is 0. The largest absolute Gasteiger partial charge is 0.368 e. The quantitative estimate of drug-likeness (QED) is 0.634. The zero-order valence-corrected chi connectivity index (χ0v) is 10.2. The molecule has 3 fully saturated rings. The summed E-state index contributed by atoms with van der Waals surface area (Å²) >= 11 is 0. The van der Waals surface area contributed by atoms with Gasteiger partial charge in [-0.2, -0.15) is 0 Å². The number of hydrogen-bond acceptors (Lipinski definition) is 1. The second-order valence-corrected chi connectivity index (χ2v) is 6.25. The van der Waals surface area contributed by atoms with Crippen molar-refractivity contribution >= 4 is 0 Å². The van der Waals surface area contributed by atoms with E-state index in [0.717, 1.165) is 11.8 Å². The van der Waals surface area contributed by atoms with Crippen LogP contribution < -0.4 is 0 Å². The van der Waals surface area contributed by atoms with Gasteiger partial charge in [-0.15, -0.1) is 0 Å². The van der Waals surface area contributed by atoms with Crippen molar-refractivity contribution in [2.75, 3.05) is 0 Å². The molecule has 0 radical (unpaired) electrons. The highest BCUT2D eigenvalue weighted by molar-refractivity contribution is 5.07. The van der Waals surface area contributed by atoms with Gasteiger partial charge in [0.1, 0.15) is 0 Å². The fourth-order valence-corrected chi connectivity index (χ4v) is 4.49. The molecule has 4 unspecified atom stereocenters. The van der Waals surface area contributed by atoms with Crippen LogP contribution in [0.2, 0.25) is 0 Å². The fourth-order valence-electron chi connectivity index (χ4n) is 4.49. The Bertz CT molecular complexity index is 260. The molecule has 3 aliphatic rings. The van der Waals surface area contributed by atoms with Crippen LogP contribution in [-0.4, -0.2) is 11.2 Å². The molecule has 0 aromatic rings.